The molecule has 1 aromatic carbocycles. The van der Waals surface area contributed by atoms with Crippen molar-refractivity contribution in [2.24, 2.45) is 0 Å². The van der Waals surface area contributed by atoms with Crippen LogP contribution in [0.25, 0.3) is 0 Å². The molecule has 186 valence electrons. The summed E-state index contributed by atoms with van der Waals surface area (Å²) in [5.74, 6) is -1.18. The molecule has 9 heteroatoms. The van der Waals surface area contributed by atoms with Crippen LogP contribution in [0.5, 0.6) is 0 Å². The highest BCUT2D eigenvalue weighted by molar-refractivity contribution is 6.31. The molecule has 2 aliphatic heterocycles. The van der Waals surface area contributed by atoms with Crippen LogP contribution in [-0.2, 0) is 22.6 Å². The fourth-order valence-electron chi connectivity index (χ4n) is 5.00. The van der Waals surface area contributed by atoms with Gasteiger partial charge >= 0.3 is 5.97 Å². The highest BCUT2D eigenvalue weighted by atomic mass is 35.5. The first-order valence-corrected chi connectivity index (χ1v) is 12.5. The fourth-order valence-corrected chi connectivity index (χ4v) is 5.12. The second-order valence-corrected chi connectivity index (χ2v) is 9.73. The minimum Gasteiger partial charge on any atom is -0.478 e. The third kappa shape index (κ3) is 5.82. The second kappa shape index (κ2) is 10.7. The number of aryl methyl sites for hydroxylation is 2. The summed E-state index contributed by atoms with van der Waals surface area (Å²) in [7, 11) is 0. The molecule has 0 radical (unpaired) electrons. The first kappa shape index (κ1) is 25.1. The van der Waals surface area contributed by atoms with E-state index in [1.807, 2.05) is 26.0 Å². The van der Waals surface area contributed by atoms with Gasteiger partial charge in [-0.1, -0.05) is 30.7 Å². The number of anilines is 1. The topological polar surface area (TPSA) is 103 Å². The summed E-state index contributed by atoms with van der Waals surface area (Å²) in [6, 6.07) is 8.38. The van der Waals surface area contributed by atoms with E-state index in [-0.39, 0.29) is 29.2 Å². The van der Waals surface area contributed by atoms with Gasteiger partial charge in [0.05, 0.1) is 5.56 Å². The van der Waals surface area contributed by atoms with Gasteiger partial charge in [-0.25, -0.2) is 9.78 Å². The minimum atomic E-state index is -1.07. The van der Waals surface area contributed by atoms with Crippen molar-refractivity contribution in [1.82, 2.24) is 14.8 Å². The number of likely N-dealkylation sites (tertiary alicyclic amines) is 2. The molecule has 0 aliphatic carbocycles. The molecular formula is C26H31ClN4O4. The molecule has 2 saturated heterocycles. The zero-order valence-corrected chi connectivity index (χ0v) is 20.8. The average Bonchev–Trinajstić information content (AvgIpc) is 3.23. The molecule has 2 fully saturated rings. The van der Waals surface area contributed by atoms with E-state index in [9.17, 15) is 19.5 Å². The van der Waals surface area contributed by atoms with E-state index in [1.54, 1.807) is 4.90 Å². The number of amides is 2. The molecule has 2 aliphatic rings. The van der Waals surface area contributed by atoms with Gasteiger partial charge in [0, 0.05) is 42.8 Å². The molecule has 1 atom stereocenters. The normalized spacial score (nSPS) is 19.2. The molecule has 0 unspecified atom stereocenters. The van der Waals surface area contributed by atoms with Crippen molar-refractivity contribution in [2.45, 2.75) is 64.6 Å². The van der Waals surface area contributed by atoms with Crippen LogP contribution in [0.3, 0.4) is 0 Å². The monoisotopic (exact) mass is 498 g/mol. The smallest absolute Gasteiger partial charge is 0.335 e. The van der Waals surface area contributed by atoms with Gasteiger partial charge in [0.1, 0.15) is 11.9 Å². The first-order chi connectivity index (χ1) is 16.7. The minimum absolute atomic E-state index is 0.00146. The van der Waals surface area contributed by atoms with Crippen LogP contribution >= 0.6 is 11.6 Å². The Hall–Kier alpha value is -2.97. The number of piperidine rings is 1. The molecular weight excluding hydrogens is 468 g/mol. The number of hydrogen-bond acceptors (Lipinski definition) is 5. The van der Waals surface area contributed by atoms with Crippen LogP contribution in [0, 0.1) is 6.92 Å². The Balaban J connectivity index is 1.39. The van der Waals surface area contributed by atoms with Gasteiger partial charge in [-0.05, 0) is 61.9 Å². The van der Waals surface area contributed by atoms with Crippen LogP contribution in [-0.4, -0.2) is 62.8 Å². The molecule has 1 aromatic heterocycles. The predicted molar refractivity (Wildman–Crippen MR) is 134 cm³/mol. The Morgan fingerprint density at radius 1 is 1.17 bits per heavy atom. The number of nitrogens with zero attached hydrogens (tertiary/aromatic N) is 3. The summed E-state index contributed by atoms with van der Waals surface area (Å²) in [4.78, 5) is 45.8. The van der Waals surface area contributed by atoms with Crippen LogP contribution in [0.2, 0.25) is 5.02 Å². The molecule has 2 aromatic rings. The maximum atomic E-state index is 13.1. The number of aromatic nitrogens is 1. The lowest BCUT2D eigenvalue weighted by Gasteiger charge is -2.39. The van der Waals surface area contributed by atoms with Crippen molar-refractivity contribution < 1.29 is 19.5 Å². The number of nitrogens with one attached hydrogen (secondary N) is 1. The fraction of sp³-hybridized carbons (Fsp3) is 0.462. The van der Waals surface area contributed by atoms with Crippen LogP contribution < -0.4 is 5.32 Å². The third-order valence-electron chi connectivity index (χ3n) is 6.88. The van der Waals surface area contributed by atoms with Gasteiger partial charge in [0.15, 0.2) is 0 Å². The van der Waals surface area contributed by atoms with Crippen LogP contribution in [0.15, 0.2) is 30.3 Å². The largest absolute Gasteiger partial charge is 0.478 e. The van der Waals surface area contributed by atoms with Crippen LogP contribution in [0.1, 0.15) is 59.8 Å². The van der Waals surface area contributed by atoms with E-state index in [0.29, 0.717) is 25.0 Å². The number of pyridine rings is 1. The molecule has 0 saturated carbocycles. The van der Waals surface area contributed by atoms with Gasteiger partial charge in [-0.15, -0.1) is 0 Å². The molecule has 35 heavy (non-hydrogen) atoms. The number of carbonyl (C=O) groups is 3. The quantitative estimate of drug-likeness (QED) is 0.600. The van der Waals surface area contributed by atoms with Crippen molar-refractivity contribution in [3.63, 3.8) is 0 Å². The molecule has 3 heterocycles. The predicted octanol–water partition coefficient (Wildman–Crippen LogP) is 3.90. The van der Waals surface area contributed by atoms with Crippen molar-refractivity contribution in [3.8, 4) is 0 Å². The van der Waals surface area contributed by atoms with Gasteiger partial charge < -0.3 is 15.3 Å². The molecule has 4 rings (SSSR count). The standard InChI is InChI=1S/C26H31ClN4O4/c1-3-19-13-18(26(34)35)14-23(28-19)29-25(33)22-6-7-24(32)31(22)20-8-10-30(11-9-20)15-17-4-5-21(27)16(2)12-17/h4-5,12-14,20,22H,3,6-11,15H2,1-2H3,(H,34,35)(H,28,29,33)/t22-/m1/s1. The maximum absolute atomic E-state index is 13.1. The Kier molecular flexibility index (Phi) is 7.72. The average molecular weight is 499 g/mol. The molecule has 0 bridgehead atoms. The molecule has 2 N–H and O–H groups in total. The summed E-state index contributed by atoms with van der Waals surface area (Å²) in [6.07, 6.45) is 2.94. The number of carboxylic acids is 1. The molecule has 8 nitrogen and oxygen atoms in total. The third-order valence-corrected chi connectivity index (χ3v) is 7.30. The molecule has 2 amide bonds. The zero-order valence-electron chi connectivity index (χ0n) is 20.1. The van der Waals surface area contributed by atoms with Gasteiger partial charge in [-0.2, -0.15) is 0 Å². The number of carboxylic acid groups (broad SMARTS) is 1. The first-order valence-electron chi connectivity index (χ1n) is 12.1. The number of halogens is 1. The highest BCUT2D eigenvalue weighted by Crippen LogP contribution is 2.29. The number of aromatic carboxylic acids is 1. The van der Waals surface area contributed by atoms with Gasteiger partial charge in [-0.3, -0.25) is 14.5 Å². The van der Waals surface area contributed by atoms with Crippen LogP contribution in [0.4, 0.5) is 5.82 Å². The summed E-state index contributed by atoms with van der Waals surface area (Å²) in [5, 5.41) is 12.9. The second-order valence-electron chi connectivity index (χ2n) is 9.33. The summed E-state index contributed by atoms with van der Waals surface area (Å²) in [6.45, 7) is 6.38. The summed E-state index contributed by atoms with van der Waals surface area (Å²) >= 11 is 6.14. The van der Waals surface area contributed by atoms with E-state index in [1.165, 1.54) is 17.7 Å². The highest BCUT2D eigenvalue weighted by Gasteiger charge is 2.41. The van der Waals surface area contributed by atoms with E-state index in [2.05, 4.69) is 21.3 Å². The van der Waals surface area contributed by atoms with Crippen molar-refractivity contribution in [3.05, 3.63) is 57.7 Å². The number of rotatable bonds is 7. The van der Waals surface area contributed by atoms with E-state index < -0.39 is 12.0 Å². The summed E-state index contributed by atoms with van der Waals surface area (Å²) < 4.78 is 0. The Morgan fingerprint density at radius 3 is 2.57 bits per heavy atom. The number of carbonyl (C=O) groups excluding carboxylic acids is 2. The van der Waals surface area contributed by atoms with Crippen molar-refractivity contribution in [1.29, 1.82) is 0 Å². The Labute approximate surface area is 210 Å². The maximum Gasteiger partial charge on any atom is 0.335 e. The van der Waals surface area contributed by atoms with Crippen molar-refractivity contribution in [2.75, 3.05) is 18.4 Å². The number of benzene rings is 1. The molecule has 0 spiro atoms. The lowest BCUT2D eigenvalue weighted by molar-refractivity contribution is -0.136. The van der Waals surface area contributed by atoms with E-state index in [4.69, 9.17) is 11.6 Å². The lowest BCUT2D eigenvalue weighted by Crippen LogP contribution is -2.51. The van der Waals surface area contributed by atoms with E-state index >= 15 is 0 Å². The zero-order chi connectivity index (χ0) is 25.1. The van der Waals surface area contributed by atoms with Gasteiger partial charge in [0.25, 0.3) is 0 Å². The Bertz CT molecular complexity index is 1130. The SMILES string of the molecule is CCc1cc(C(=O)O)cc(NC(=O)[C@H]2CCC(=O)N2C2CCN(Cc3ccc(Cl)c(C)c3)CC2)n1. The summed E-state index contributed by atoms with van der Waals surface area (Å²) in [5.41, 5.74) is 2.94. The lowest BCUT2D eigenvalue weighted by atomic mass is 10.0. The van der Waals surface area contributed by atoms with Gasteiger partial charge in [0.2, 0.25) is 11.8 Å². The Morgan fingerprint density at radius 2 is 1.91 bits per heavy atom. The van der Waals surface area contributed by atoms with Crippen molar-refractivity contribution >= 4 is 35.2 Å². The number of hydrogen-bond donors (Lipinski definition) is 2. The van der Waals surface area contributed by atoms with E-state index in [0.717, 1.165) is 43.1 Å².